The van der Waals surface area contributed by atoms with Crippen molar-refractivity contribution in [3.63, 3.8) is 0 Å². The number of hydrogen-bond donors (Lipinski definition) is 0. The first-order valence-corrected chi connectivity index (χ1v) is 4.10. The van der Waals surface area contributed by atoms with Crippen LogP contribution in [-0.2, 0) is 4.79 Å². The highest BCUT2D eigenvalue weighted by atomic mass is 16.4. The Hall–Kier alpha value is -1.06. The average Bonchev–Trinajstić information content (AvgIpc) is 1.82. The second-order valence-electron chi connectivity index (χ2n) is 4.54. The molecular formula is C9H16NO3-. The molecule has 0 aromatic rings. The molecule has 13 heavy (non-hydrogen) atoms. The molecule has 4 heteroatoms. The van der Waals surface area contributed by atoms with E-state index in [1.54, 1.807) is 34.6 Å². The van der Waals surface area contributed by atoms with Gasteiger partial charge in [0.25, 0.3) is 0 Å². The summed E-state index contributed by atoms with van der Waals surface area (Å²) >= 11 is 0. The summed E-state index contributed by atoms with van der Waals surface area (Å²) in [6, 6.07) is 0. The Morgan fingerprint density at radius 1 is 1.23 bits per heavy atom. The van der Waals surface area contributed by atoms with Crippen LogP contribution < -0.4 is 5.11 Å². The zero-order valence-electron chi connectivity index (χ0n) is 8.75. The Balaban J connectivity index is 5.05. The van der Waals surface area contributed by atoms with Crippen LogP contribution in [0.3, 0.4) is 0 Å². The van der Waals surface area contributed by atoms with E-state index in [1.165, 1.54) is 0 Å². The van der Waals surface area contributed by atoms with Crippen LogP contribution in [0, 0.1) is 0 Å². The molecule has 0 aliphatic heterocycles. The second-order valence-corrected chi connectivity index (χ2v) is 4.54. The maximum Gasteiger partial charge on any atom is 0.145 e. The van der Waals surface area contributed by atoms with E-state index in [0.29, 0.717) is 6.29 Å². The van der Waals surface area contributed by atoms with E-state index in [4.69, 9.17) is 0 Å². The van der Waals surface area contributed by atoms with Crippen molar-refractivity contribution in [2.45, 2.75) is 45.7 Å². The molecule has 0 aromatic carbocycles. The standard InChI is InChI=1S/C9H17NO3/c1-8(2,3)10(7(12)13)9(4,5)6-11/h6H,1-5H3,(H,12,13)/p-1. The lowest BCUT2D eigenvalue weighted by atomic mass is 9.96. The predicted molar refractivity (Wildman–Crippen MR) is 47.1 cm³/mol. The van der Waals surface area contributed by atoms with Gasteiger partial charge in [0, 0.05) is 5.54 Å². The molecule has 1 amide bonds. The van der Waals surface area contributed by atoms with Gasteiger partial charge < -0.3 is 19.6 Å². The van der Waals surface area contributed by atoms with Crippen LogP contribution in [0.25, 0.3) is 0 Å². The SMILES string of the molecule is CC(C)(C)N(C(=O)[O-])C(C)(C)C=O. The fraction of sp³-hybridized carbons (Fsp3) is 0.778. The van der Waals surface area contributed by atoms with Crippen LogP contribution >= 0.6 is 0 Å². The van der Waals surface area contributed by atoms with Crippen molar-refractivity contribution < 1.29 is 14.7 Å². The molecule has 0 aliphatic rings. The first kappa shape index (κ1) is 11.9. The summed E-state index contributed by atoms with van der Waals surface area (Å²) in [6.07, 6.45) is -0.724. The fourth-order valence-electron chi connectivity index (χ4n) is 1.43. The van der Waals surface area contributed by atoms with Gasteiger partial charge in [-0.3, -0.25) is 0 Å². The predicted octanol–water partition coefficient (Wildman–Crippen LogP) is 0.408. The quantitative estimate of drug-likeness (QED) is 0.587. The van der Waals surface area contributed by atoms with Crippen molar-refractivity contribution in [2.24, 2.45) is 0 Å². The molecule has 0 aromatic heterocycles. The molecule has 0 N–H and O–H groups in total. The molecule has 0 aliphatic carbocycles. The van der Waals surface area contributed by atoms with Gasteiger partial charge in [-0.15, -0.1) is 0 Å². The van der Waals surface area contributed by atoms with Gasteiger partial charge in [0.05, 0.1) is 5.54 Å². The number of rotatable bonds is 2. The number of carbonyl (C=O) groups excluding carboxylic acids is 2. The maximum absolute atomic E-state index is 10.8. The molecule has 0 atom stereocenters. The minimum atomic E-state index is -1.33. The van der Waals surface area contributed by atoms with Gasteiger partial charge in [0.2, 0.25) is 0 Å². The Morgan fingerprint density at radius 3 is 1.69 bits per heavy atom. The molecule has 0 unspecified atom stereocenters. The molecule has 0 spiro atoms. The van der Waals surface area contributed by atoms with Gasteiger partial charge in [-0.25, -0.2) is 0 Å². The number of nitrogens with zero attached hydrogens (tertiary/aromatic N) is 1. The molecule has 0 heterocycles. The first-order chi connectivity index (χ1) is 5.63. The van der Waals surface area contributed by atoms with E-state index in [0.717, 1.165) is 4.90 Å². The van der Waals surface area contributed by atoms with Crippen LogP contribution in [-0.4, -0.2) is 28.4 Å². The maximum atomic E-state index is 10.8. The smallest absolute Gasteiger partial charge is 0.145 e. The molecule has 0 fully saturated rings. The van der Waals surface area contributed by atoms with Gasteiger partial charge >= 0.3 is 0 Å². The molecule has 76 valence electrons. The summed E-state index contributed by atoms with van der Waals surface area (Å²) in [5.74, 6) is 0. The van der Waals surface area contributed by atoms with E-state index in [-0.39, 0.29) is 0 Å². The van der Waals surface area contributed by atoms with Crippen molar-refractivity contribution in [1.82, 2.24) is 4.90 Å². The monoisotopic (exact) mass is 186 g/mol. The van der Waals surface area contributed by atoms with Crippen LogP contribution in [0.15, 0.2) is 0 Å². The molecule has 0 saturated carbocycles. The second kappa shape index (κ2) is 3.36. The Kier molecular flexibility index (Phi) is 3.08. The third kappa shape index (κ3) is 2.72. The van der Waals surface area contributed by atoms with E-state index in [1.807, 2.05) is 0 Å². The number of carbonyl (C=O) groups is 2. The van der Waals surface area contributed by atoms with Crippen LogP contribution in [0.5, 0.6) is 0 Å². The van der Waals surface area contributed by atoms with Crippen molar-refractivity contribution in [2.75, 3.05) is 0 Å². The van der Waals surface area contributed by atoms with Crippen LogP contribution in [0.4, 0.5) is 4.79 Å². The summed E-state index contributed by atoms with van der Waals surface area (Å²) in [5, 5.41) is 10.8. The van der Waals surface area contributed by atoms with E-state index < -0.39 is 17.2 Å². The van der Waals surface area contributed by atoms with E-state index in [9.17, 15) is 14.7 Å². The number of hydrogen-bond acceptors (Lipinski definition) is 3. The lowest BCUT2D eigenvalue weighted by Gasteiger charge is -2.46. The van der Waals surface area contributed by atoms with Gasteiger partial charge in [-0.05, 0) is 34.6 Å². The van der Waals surface area contributed by atoms with Crippen molar-refractivity contribution >= 4 is 12.4 Å². The number of aldehydes is 1. The lowest BCUT2D eigenvalue weighted by molar-refractivity contribution is -0.275. The van der Waals surface area contributed by atoms with Gasteiger partial charge in [0.1, 0.15) is 12.4 Å². The molecule has 0 rings (SSSR count). The molecule has 0 saturated heterocycles. The summed E-state index contributed by atoms with van der Waals surface area (Å²) in [7, 11) is 0. The zero-order chi connectivity index (χ0) is 10.9. The largest absolute Gasteiger partial charge is 0.530 e. The first-order valence-electron chi connectivity index (χ1n) is 4.10. The fourth-order valence-corrected chi connectivity index (χ4v) is 1.43. The molecule has 0 radical (unpaired) electrons. The zero-order valence-corrected chi connectivity index (χ0v) is 8.75. The topological polar surface area (TPSA) is 60.4 Å². The minimum Gasteiger partial charge on any atom is -0.530 e. The summed E-state index contributed by atoms with van der Waals surface area (Å²) < 4.78 is 0. The normalized spacial score (nSPS) is 12.4. The highest BCUT2D eigenvalue weighted by Crippen LogP contribution is 2.22. The number of carboxylic acid groups (broad SMARTS) is 1. The van der Waals surface area contributed by atoms with E-state index >= 15 is 0 Å². The van der Waals surface area contributed by atoms with Gasteiger partial charge in [-0.1, -0.05) is 0 Å². The van der Waals surface area contributed by atoms with Crippen molar-refractivity contribution in [1.29, 1.82) is 0 Å². The Bertz CT molecular complexity index is 215. The highest BCUT2D eigenvalue weighted by Gasteiger charge is 2.34. The third-order valence-corrected chi connectivity index (χ3v) is 1.72. The summed E-state index contributed by atoms with van der Waals surface area (Å²) in [4.78, 5) is 22.5. The summed E-state index contributed by atoms with van der Waals surface area (Å²) in [6.45, 7) is 8.23. The molecule has 4 nitrogen and oxygen atoms in total. The minimum absolute atomic E-state index is 0.605. The summed E-state index contributed by atoms with van der Waals surface area (Å²) in [5.41, 5.74) is -1.68. The van der Waals surface area contributed by atoms with E-state index in [2.05, 4.69) is 0 Å². The van der Waals surface area contributed by atoms with Gasteiger partial charge in [-0.2, -0.15) is 0 Å². The Morgan fingerprint density at radius 2 is 1.62 bits per heavy atom. The lowest BCUT2D eigenvalue weighted by Crippen LogP contribution is -2.61. The third-order valence-electron chi connectivity index (χ3n) is 1.72. The van der Waals surface area contributed by atoms with Crippen LogP contribution in [0.2, 0.25) is 0 Å². The average molecular weight is 186 g/mol. The van der Waals surface area contributed by atoms with Crippen molar-refractivity contribution in [3.8, 4) is 0 Å². The highest BCUT2D eigenvalue weighted by molar-refractivity contribution is 5.74. The molecular weight excluding hydrogens is 170 g/mol. The van der Waals surface area contributed by atoms with Crippen LogP contribution in [0.1, 0.15) is 34.6 Å². The van der Waals surface area contributed by atoms with Gasteiger partial charge in [0.15, 0.2) is 0 Å². The molecule has 0 bridgehead atoms. The Labute approximate surface area is 78.5 Å². The van der Waals surface area contributed by atoms with Crippen molar-refractivity contribution in [3.05, 3.63) is 0 Å². The number of amides is 1.